The van der Waals surface area contributed by atoms with Crippen molar-refractivity contribution in [2.24, 2.45) is 0 Å². The smallest absolute Gasteiger partial charge is 0.251 e. The zero-order valence-electron chi connectivity index (χ0n) is 18.7. The summed E-state index contributed by atoms with van der Waals surface area (Å²) >= 11 is 0. The molecule has 30 heavy (non-hydrogen) atoms. The Morgan fingerprint density at radius 2 is 1.57 bits per heavy atom. The van der Waals surface area contributed by atoms with Gasteiger partial charge in [-0.2, -0.15) is 0 Å². The Hall–Kier alpha value is -2.22. The SMILES string of the molecule is CCc1ccc(C(CNC(=O)c2ccc(S(=O)(=O)NC(C)(C)C)cc2)N(C)C)cc1. The molecule has 0 aliphatic carbocycles. The Morgan fingerprint density at radius 1 is 1.00 bits per heavy atom. The highest BCUT2D eigenvalue weighted by molar-refractivity contribution is 7.89. The minimum atomic E-state index is -3.63. The van der Waals surface area contributed by atoms with Gasteiger partial charge in [-0.3, -0.25) is 4.79 Å². The van der Waals surface area contributed by atoms with E-state index in [-0.39, 0.29) is 16.8 Å². The number of aryl methyl sites for hydroxylation is 1. The molecule has 0 spiro atoms. The first-order valence-electron chi connectivity index (χ1n) is 10.1. The standard InChI is InChI=1S/C23H33N3O3S/c1-7-17-8-10-18(11-9-17)21(26(5)6)16-24-22(27)19-12-14-20(15-13-19)30(28,29)25-23(2,3)4/h8-15,21,25H,7,16H2,1-6H3,(H,24,27). The van der Waals surface area contributed by atoms with Crippen LogP contribution in [0.1, 0.15) is 55.2 Å². The first-order chi connectivity index (χ1) is 13.9. The number of rotatable bonds is 8. The first-order valence-corrected chi connectivity index (χ1v) is 11.6. The van der Waals surface area contributed by atoms with Crippen molar-refractivity contribution in [2.45, 2.75) is 50.6 Å². The van der Waals surface area contributed by atoms with Crippen molar-refractivity contribution in [3.8, 4) is 0 Å². The lowest BCUT2D eigenvalue weighted by atomic mass is 10.0. The maximum atomic E-state index is 12.6. The quantitative estimate of drug-likeness (QED) is 0.672. The summed E-state index contributed by atoms with van der Waals surface area (Å²) < 4.78 is 27.4. The topological polar surface area (TPSA) is 78.5 Å². The molecule has 0 aromatic heterocycles. The van der Waals surface area contributed by atoms with E-state index < -0.39 is 15.6 Å². The maximum Gasteiger partial charge on any atom is 0.251 e. The molecule has 164 valence electrons. The molecule has 2 rings (SSSR count). The molecule has 0 aliphatic heterocycles. The molecule has 0 fully saturated rings. The van der Waals surface area contributed by atoms with Gasteiger partial charge in [0.1, 0.15) is 0 Å². The second kappa shape index (κ2) is 9.73. The average molecular weight is 432 g/mol. The van der Waals surface area contributed by atoms with Gasteiger partial charge in [0.2, 0.25) is 10.0 Å². The van der Waals surface area contributed by atoms with Gasteiger partial charge in [-0.05, 0) is 76.7 Å². The van der Waals surface area contributed by atoms with Gasteiger partial charge in [0, 0.05) is 17.6 Å². The number of hydrogen-bond acceptors (Lipinski definition) is 4. The van der Waals surface area contributed by atoms with Gasteiger partial charge in [-0.15, -0.1) is 0 Å². The number of sulfonamides is 1. The fraction of sp³-hybridized carbons (Fsp3) is 0.435. The average Bonchev–Trinajstić information content (AvgIpc) is 2.66. The lowest BCUT2D eigenvalue weighted by Gasteiger charge is -2.25. The van der Waals surface area contributed by atoms with Crippen LogP contribution < -0.4 is 10.0 Å². The number of carbonyl (C=O) groups excluding carboxylic acids is 1. The molecule has 0 aliphatic rings. The molecule has 1 amide bonds. The van der Waals surface area contributed by atoms with Gasteiger partial charge in [0.05, 0.1) is 10.9 Å². The molecule has 0 saturated heterocycles. The minimum absolute atomic E-state index is 0.0375. The summed E-state index contributed by atoms with van der Waals surface area (Å²) in [7, 11) is 0.330. The number of amides is 1. The van der Waals surface area contributed by atoms with Crippen molar-refractivity contribution >= 4 is 15.9 Å². The summed E-state index contributed by atoms with van der Waals surface area (Å²) in [5, 5.41) is 2.96. The fourth-order valence-electron chi connectivity index (χ4n) is 3.11. The Labute approximate surface area is 180 Å². The van der Waals surface area contributed by atoms with Crippen LogP contribution in [0.3, 0.4) is 0 Å². The van der Waals surface area contributed by atoms with Crippen LogP contribution in [0.5, 0.6) is 0 Å². The van der Waals surface area contributed by atoms with E-state index in [1.54, 1.807) is 20.8 Å². The zero-order chi connectivity index (χ0) is 22.5. The third kappa shape index (κ3) is 6.65. The van der Waals surface area contributed by atoms with E-state index in [1.165, 1.54) is 29.8 Å². The number of hydrogen-bond donors (Lipinski definition) is 2. The predicted molar refractivity (Wildman–Crippen MR) is 121 cm³/mol. The number of nitrogens with one attached hydrogen (secondary N) is 2. The predicted octanol–water partition coefficient (Wildman–Crippen LogP) is 3.36. The number of carbonyl (C=O) groups is 1. The van der Waals surface area contributed by atoms with Crippen molar-refractivity contribution < 1.29 is 13.2 Å². The highest BCUT2D eigenvalue weighted by Crippen LogP contribution is 2.19. The summed E-state index contributed by atoms with van der Waals surface area (Å²) in [6, 6.07) is 14.4. The Morgan fingerprint density at radius 3 is 2.03 bits per heavy atom. The van der Waals surface area contributed by atoms with Gasteiger partial charge in [0.15, 0.2) is 0 Å². The van der Waals surface area contributed by atoms with E-state index in [1.807, 2.05) is 14.1 Å². The first kappa shape index (κ1) is 24.1. The normalized spacial score (nSPS) is 13.3. The van der Waals surface area contributed by atoms with Gasteiger partial charge in [0.25, 0.3) is 5.91 Å². The monoisotopic (exact) mass is 431 g/mol. The Bertz CT molecular complexity index is 945. The highest BCUT2D eigenvalue weighted by Gasteiger charge is 2.22. The molecule has 7 heteroatoms. The molecule has 0 radical (unpaired) electrons. The van der Waals surface area contributed by atoms with Crippen LogP contribution in [0.25, 0.3) is 0 Å². The van der Waals surface area contributed by atoms with Gasteiger partial charge < -0.3 is 10.2 Å². The van der Waals surface area contributed by atoms with Gasteiger partial charge in [-0.1, -0.05) is 31.2 Å². The molecule has 1 atom stereocenters. The van der Waals surface area contributed by atoms with Gasteiger partial charge in [-0.25, -0.2) is 13.1 Å². The number of likely N-dealkylation sites (N-methyl/N-ethyl adjacent to an activating group) is 1. The lowest BCUT2D eigenvalue weighted by Crippen LogP contribution is -2.40. The Balaban J connectivity index is 2.07. The van der Waals surface area contributed by atoms with Crippen molar-refractivity contribution in [3.05, 3.63) is 65.2 Å². The third-order valence-electron chi connectivity index (χ3n) is 4.72. The lowest BCUT2D eigenvalue weighted by molar-refractivity contribution is 0.0942. The number of nitrogens with zero attached hydrogens (tertiary/aromatic N) is 1. The zero-order valence-corrected chi connectivity index (χ0v) is 19.5. The molecule has 0 bridgehead atoms. The van der Waals surface area contributed by atoms with Crippen LogP contribution in [-0.4, -0.2) is 45.4 Å². The molecule has 2 aromatic rings. The van der Waals surface area contributed by atoms with Gasteiger partial charge >= 0.3 is 0 Å². The summed E-state index contributed by atoms with van der Waals surface area (Å²) in [6.07, 6.45) is 0.987. The molecular formula is C23H33N3O3S. The summed E-state index contributed by atoms with van der Waals surface area (Å²) in [4.78, 5) is 14.8. The molecule has 1 unspecified atom stereocenters. The van der Waals surface area contributed by atoms with E-state index in [2.05, 4.69) is 46.1 Å². The minimum Gasteiger partial charge on any atom is -0.350 e. The van der Waals surface area contributed by atoms with Crippen LogP contribution >= 0.6 is 0 Å². The second-order valence-electron chi connectivity index (χ2n) is 8.66. The molecule has 0 heterocycles. The van der Waals surface area contributed by atoms with Crippen LogP contribution in [0.15, 0.2) is 53.4 Å². The van der Waals surface area contributed by atoms with E-state index in [0.29, 0.717) is 12.1 Å². The van der Waals surface area contributed by atoms with Crippen molar-refractivity contribution in [1.29, 1.82) is 0 Å². The van der Waals surface area contributed by atoms with Crippen LogP contribution in [-0.2, 0) is 16.4 Å². The molecule has 6 nitrogen and oxygen atoms in total. The highest BCUT2D eigenvalue weighted by atomic mass is 32.2. The molecule has 2 N–H and O–H groups in total. The third-order valence-corrected chi connectivity index (χ3v) is 6.49. The van der Waals surface area contributed by atoms with E-state index in [4.69, 9.17) is 0 Å². The van der Waals surface area contributed by atoms with Crippen molar-refractivity contribution in [3.63, 3.8) is 0 Å². The summed E-state index contributed by atoms with van der Waals surface area (Å²) in [5.41, 5.74) is 2.25. The van der Waals surface area contributed by atoms with E-state index in [0.717, 1.165) is 12.0 Å². The molecular weight excluding hydrogens is 398 g/mol. The van der Waals surface area contributed by atoms with Crippen LogP contribution in [0, 0.1) is 0 Å². The van der Waals surface area contributed by atoms with E-state index >= 15 is 0 Å². The maximum absolute atomic E-state index is 12.6. The van der Waals surface area contributed by atoms with Crippen LogP contribution in [0.2, 0.25) is 0 Å². The molecule has 2 aromatic carbocycles. The number of benzene rings is 2. The van der Waals surface area contributed by atoms with Crippen molar-refractivity contribution in [1.82, 2.24) is 14.9 Å². The van der Waals surface area contributed by atoms with Crippen LogP contribution in [0.4, 0.5) is 0 Å². The Kier molecular flexibility index (Phi) is 7.80. The summed E-state index contributed by atoms with van der Waals surface area (Å²) in [5.74, 6) is -0.236. The van der Waals surface area contributed by atoms with E-state index in [9.17, 15) is 13.2 Å². The van der Waals surface area contributed by atoms with Crippen molar-refractivity contribution in [2.75, 3.05) is 20.6 Å². The molecule has 0 saturated carbocycles. The largest absolute Gasteiger partial charge is 0.350 e. The fourth-order valence-corrected chi connectivity index (χ4v) is 4.53. The second-order valence-corrected chi connectivity index (χ2v) is 10.3. The summed E-state index contributed by atoms with van der Waals surface area (Å²) in [6.45, 7) is 7.91.